The van der Waals surface area contributed by atoms with Crippen LogP contribution in [0, 0.1) is 5.82 Å². The summed E-state index contributed by atoms with van der Waals surface area (Å²) in [5.41, 5.74) is 1.22. The number of pyridine rings is 1. The van der Waals surface area contributed by atoms with E-state index in [4.69, 9.17) is 16.0 Å². The Balaban J connectivity index is 1.50. The molecule has 1 amide bonds. The SMILES string of the molecule is O=C(C1=C(O)C(=O)N(c2nc3cc(Cl)c(F)cc3s2)C1c1ccncc1)c1cc2cc(Br)ccc2o1. The van der Waals surface area contributed by atoms with Gasteiger partial charge in [0.05, 0.1) is 26.9 Å². The van der Waals surface area contributed by atoms with Gasteiger partial charge >= 0.3 is 0 Å². The largest absolute Gasteiger partial charge is 0.503 e. The molecule has 1 unspecified atom stereocenters. The Hall–Kier alpha value is -3.60. The molecule has 5 aromatic rings. The molecule has 0 spiro atoms. The van der Waals surface area contributed by atoms with Gasteiger partial charge in [0.15, 0.2) is 16.7 Å². The Morgan fingerprint density at radius 3 is 2.72 bits per heavy atom. The molecule has 0 saturated heterocycles. The van der Waals surface area contributed by atoms with Crippen molar-refractivity contribution in [3.8, 4) is 0 Å². The highest BCUT2D eigenvalue weighted by atomic mass is 79.9. The van der Waals surface area contributed by atoms with Crippen molar-refractivity contribution in [2.75, 3.05) is 4.90 Å². The van der Waals surface area contributed by atoms with E-state index >= 15 is 0 Å². The van der Waals surface area contributed by atoms with Crippen molar-refractivity contribution in [1.29, 1.82) is 0 Å². The number of aliphatic hydroxyl groups is 1. The third kappa shape index (κ3) is 3.60. The number of carbonyl (C=O) groups is 2. The minimum Gasteiger partial charge on any atom is -0.503 e. The van der Waals surface area contributed by atoms with Gasteiger partial charge in [-0.1, -0.05) is 38.9 Å². The number of amides is 1. The monoisotopic (exact) mass is 583 g/mol. The molecule has 6 rings (SSSR count). The van der Waals surface area contributed by atoms with Crippen LogP contribution in [0.4, 0.5) is 9.52 Å². The van der Waals surface area contributed by atoms with Gasteiger partial charge in [-0.05, 0) is 54.1 Å². The van der Waals surface area contributed by atoms with Gasteiger partial charge in [-0.25, -0.2) is 9.37 Å². The number of hydrogen-bond acceptors (Lipinski definition) is 7. The summed E-state index contributed by atoms with van der Waals surface area (Å²) in [5, 5.41) is 11.7. The molecule has 1 aliphatic heterocycles. The van der Waals surface area contributed by atoms with Crippen LogP contribution in [0.3, 0.4) is 0 Å². The number of hydrogen-bond donors (Lipinski definition) is 1. The van der Waals surface area contributed by atoms with E-state index in [0.717, 1.165) is 15.8 Å². The van der Waals surface area contributed by atoms with Gasteiger partial charge in [-0.2, -0.15) is 0 Å². The van der Waals surface area contributed by atoms with Crippen LogP contribution in [0.15, 0.2) is 81.1 Å². The van der Waals surface area contributed by atoms with Gasteiger partial charge in [0.2, 0.25) is 5.78 Å². The van der Waals surface area contributed by atoms with E-state index in [1.165, 1.54) is 29.4 Å². The lowest BCUT2D eigenvalue weighted by atomic mass is 9.96. The first-order valence-electron chi connectivity index (χ1n) is 10.5. The number of furan rings is 1. The first kappa shape index (κ1) is 22.8. The van der Waals surface area contributed by atoms with Crippen LogP contribution >= 0.6 is 38.9 Å². The lowest BCUT2D eigenvalue weighted by Crippen LogP contribution is -2.30. The van der Waals surface area contributed by atoms with Crippen molar-refractivity contribution in [2.45, 2.75) is 6.04 Å². The van der Waals surface area contributed by atoms with Crippen LogP contribution in [-0.2, 0) is 4.79 Å². The van der Waals surface area contributed by atoms with Crippen LogP contribution in [0.1, 0.15) is 22.2 Å². The zero-order valence-corrected chi connectivity index (χ0v) is 21.1. The van der Waals surface area contributed by atoms with Gasteiger partial charge in [0.1, 0.15) is 11.4 Å². The van der Waals surface area contributed by atoms with E-state index in [9.17, 15) is 19.1 Å². The van der Waals surface area contributed by atoms with Crippen LogP contribution in [-0.4, -0.2) is 26.8 Å². The smallest absolute Gasteiger partial charge is 0.296 e. The van der Waals surface area contributed by atoms with Crippen LogP contribution in [0.2, 0.25) is 5.02 Å². The number of Topliss-reactive ketones (excluding diaryl/α,β-unsaturated/α-hetero) is 1. The molecule has 0 aliphatic carbocycles. The summed E-state index contributed by atoms with van der Waals surface area (Å²) in [6, 6.07) is 11.7. The lowest BCUT2D eigenvalue weighted by Gasteiger charge is -2.24. The highest BCUT2D eigenvalue weighted by Gasteiger charge is 2.46. The van der Waals surface area contributed by atoms with Crippen LogP contribution in [0.25, 0.3) is 21.2 Å². The summed E-state index contributed by atoms with van der Waals surface area (Å²) in [6.45, 7) is 0. The van der Waals surface area contributed by atoms with Crippen molar-refractivity contribution >= 4 is 76.9 Å². The van der Waals surface area contributed by atoms with E-state index in [0.29, 0.717) is 26.7 Å². The normalized spacial score (nSPS) is 16.0. The Morgan fingerprint density at radius 1 is 1.17 bits per heavy atom. The van der Waals surface area contributed by atoms with Crippen LogP contribution < -0.4 is 4.90 Å². The molecule has 1 atom stereocenters. The number of rotatable bonds is 4. The quantitative estimate of drug-likeness (QED) is 0.234. The molecule has 7 nitrogen and oxygen atoms in total. The minimum absolute atomic E-state index is 0.0310. The second-order valence-electron chi connectivity index (χ2n) is 7.97. The number of anilines is 1. The Kier molecular flexibility index (Phi) is 5.40. The number of nitrogens with zero attached hydrogens (tertiary/aromatic N) is 3. The summed E-state index contributed by atoms with van der Waals surface area (Å²) < 4.78 is 21.1. The highest BCUT2D eigenvalue weighted by molar-refractivity contribution is 9.10. The highest BCUT2D eigenvalue weighted by Crippen LogP contribution is 2.44. The molecule has 0 radical (unpaired) electrons. The molecule has 0 fully saturated rings. The average Bonchev–Trinajstić information content (AvgIpc) is 3.53. The summed E-state index contributed by atoms with van der Waals surface area (Å²) >= 11 is 10.3. The maximum absolute atomic E-state index is 14.0. The molecule has 0 bridgehead atoms. The molecule has 4 heterocycles. The average molecular weight is 585 g/mol. The lowest BCUT2D eigenvalue weighted by molar-refractivity contribution is -0.117. The number of halogens is 3. The van der Waals surface area contributed by atoms with Crippen molar-refractivity contribution in [3.05, 3.63) is 98.9 Å². The maximum Gasteiger partial charge on any atom is 0.296 e. The summed E-state index contributed by atoms with van der Waals surface area (Å²) in [6.07, 6.45) is 3.03. The van der Waals surface area contributed by atoms with Crippen molar-refractivity contribution < 1.29 is 23.5 Å². The second-order valence-corrected chi connectivity index (χ2v) is 10.3. The number of aliphatic hydroxyl groups excluding tert-OH is 1. The fourth-order valence-corrected chi connectivity index (χ4v) is 5.70. The molecular formula is C25H12BrClFN3O4S. The van der Waals surface area contributed by atoms with Gasteiger partial charge in [0, 0.05) is 22.3 Å². The molecule has 1 N–H and O–H groups in total. The van der Waals surface area contributed by atoms with Gasteiger partial charge in [0.25, 0.3) is 5.91 Å². The topological polar surface area (TPSA) is 96.5 Å². The zero-order chi connectivity index (χ0) is 25.1. The first-order valence-corrected chi connectivity index (χ1v) is 12.5. The summed E-state index contributed by atoms with van der Waals surface area (Å²) in [7, 11) is 0. The minimum atomic E-state index is -1.02. The molecule has 178 valence electrons. The third-order valence-electron chi connectivity index (χ3n) is 5.80. The number of thiazole rings is 1. The Labute approximate surface area is 219 Å². The number of aromatic nitrogens is 2. The van der Waals surface area contributed by atoms with Crippen LogP contribution in [0.5, 0.6) is 0 Å². The fourth-order valence-electron chi connectivity index (χ4n) is 4.17. The number of benzene rings is 2. The van der Waals surface area contributed by atoms with E-state index in [-0.39, 0.29) is 21.5 Å². The van der Waals surface area contributed by atoms with Crippen molar-refractivity contribution in [2.24, 2.45) is 0 Å². The third-order valence-corrected chi connectivity index (χ3v) is 7.60. The standard InChI is InChI=1S/C25H12BrClFN3O4S/c26-13-1-2-17-12(7-13)8-18(35-17)22(32)20-21(11-3-5-29-6-4-11)31(24(34)23(20)33)25-30-16-9-14(27)15(28)10-19(16)36-25/h1-10,21,33H. The predicted octanol–water partition coefficient (Wildman–Crippen LogP) is 6.78. The summed E-state index contributed by atoms with van der Waals surface area (Å²) in [5.74, 6) is -2.83. The van der Waals surface area contributed by atoms with Gasteiger partial charge in [-0.15, -0.1) is 0 Å². The molecular weight excluding hydrogens is 573 g/mol. The first-order chi connectivity index (χ1) is 17.3. The molecule has 2 aromatic carbocycles. The fraction of sp³-hybridized carbons (Fsp3) is 0.0400. The molecule has 3 aromatic heterocycles. The molecule has 36 heavy (non-hydrogen) atoms. The van der Waals surface area contributed by atoms with E-state index in [1.54, 1.807) is 36.4 Å². The number of ketones is 1. The Morgan fingerprint density at radius 2 is 1.94 bits per heavy atom. The Bertz CT molecular complexity index is 1710. The van der Waals surface area contributed by atoms with E-state index in [1.807, 2.05) is 0 Å². The van der Waals surface area contributed by atoms with Crippen molar-refractivity contribution in [3.63, 3.8) is 0 Å². The molecule has 11 heteroatoms. The van der Waals surface area contributed by atoms with E-state index in [2.05, 4.69) is 25.9 Å². The van der Waals surface area contributed by atoms with Crippen molar-refractivity contribution in [1.82, 2.24) is 9.97 Å². The number of carbonyl (C=O) groups excluding carboxylic acids is 2. The zero-order valence-electron chi connectivity index (χ0n) is 17.9. The van der Waals surface area contributed by atoms with E-state index < -0.39 is 29.3 Å². The molecule has 1 aliphatic rings. The number of fused-ring (bicyclic) bond motifs is 2. The summed E-state index contributed by atoms with van der Waals surface area (Å²) in [4.78, 5) is 36.7. The second kappa shape index (κ2) is 8.51. The van der Waals surface area contributed by atoms with Gasteiger partial charge in [-0.3, -0.25) is 19.5 Å². The maximum atomic E-state index is 14.0. The molecule has 0 saturated carbocycles. The van der Waals surface area contributed by atoms with Gasteiger partial charge < -0.3 is 9.52 Å². The predicted molar refractivity (Wildman–Crippen MR) is 137 cm³/mol.